The lowest BCUT2D eigenvalue weighted by atomic mass is 10.1. The maximum atomic E-state index is 12.6. The Labute approximate surface area is 142 Å². The van der Waals surface area contributed by atoms with Gasteiger partial charge in [-0.25, -0.2) is 0 Å². The van der Waals surface area contributed by atoms with Gasteiger partial charge in [0.05, 0.1) is 14.2 Å². The molecule has 0 spiro atoms. The minimum absolute atomic E-state index is 0.0153. The summed E-state index contributed by atoms with van der Waals surface area (Å²) < 4.78 is 10.6. The van der Waals surface area contributed by atoms with Crippen molar-refractivity contribution in [2.75, 3.05) is 19.5 Å². The molecule has 2 aromatic rings. The van der Waals surface area contributed by atoms with Crippen molar-refractivity contribution in [3.05, 3.63) is 54.1 Å². The summed E-state index contributed by atoms with van der Waals surface area (Å²) in [5.41, 5.74) is 1.72. The van der Waals surface area contributed by atoms with E-state index in [2.05, 4.69) is 10.6 Å². The molecule has 0 radical (unpaired) electrons. The number of carbonyl (C=O) groups excluding carboxylic acids is 1. The lowest BCUT2D eigenvalue weighted by molar-refractivity contribution is -0.122. The number of methoxy groups -OCH3 is 2. The Morgan fingerprint density at radius 2 is 1.75 bits per heavy atom. The van der Waals surface area contributed by atoms with Crippen LogP contribution in [0.4, 0.5) is 5.69 Å². The van der Waals surface area contributed by atoms with Gasteiger partial charge in [-0.05, 0) is 30.5 Å². The van der Waals surface area contributed by atoms with E-state index in [0.717, 1.165) is 24.1 Å². The molecule has 2 N–H and O–H groups in total. The van der Waals surface area contributed by atoms with E-state index in [9.17, 15) is 4.79 Å². The molecule has 0 unspecified atom stereocenters. The molecule has 5 nitrogen and oxygen atoms in total. The maximum absolute atomic E-state index is 12.6. The second kappa shape index (κ2) is 7.25. The molecule has 1 saturated carbocycles. The van der Waals surface area contributed by atoms with Gasteiger partial charge in [-0.1, -0.05) is 30.3 Å². The van der Waals surface area contributed by atoms with Gasteiger partial charge in [-0.3, -0.25) is 4.79 Å². The molecule has 0 aliphatic heterocycles. The number of nitrogens with one attached hydrogen (secondary N) is 2. The number of rotatable bonds is 7. The molecular weight excluding hydrogens is 304 g/mol. The fourth-order valence-corrected chi connectivity index (χ4v) is 2.55. The normalized spacial score (nSPS) is 14.6. The Bertz CT molecular complexity index is 699. The second-order valence-corrected chi connectivity index (χ2v) is 5.84. The lowest BCUT2D eigenvalue weighted by Crippen LogP contribution is -2.34. The van der Waals surface area contributed by atoms with Crippen molar-refractivity contribution >= 4 is 11.6 Å². The molecule has 1 atom stereocenters. The number of anilines is 1. The van der Waals surface area contributed by atoms with Crippen molar-refractivity contribution < 1.29 is 14.3 Å². The molecule has 1 aliphatic rings. The van der Waals surface area contributed by atoms with E-state index in [0.29, 0.717) is 17.5 Å². The van der Waals surface area contributed by atoms with Gasteiger partial charge < -0.3 is 20.1 Å². The van der Waals surface area contributed by atoms with Crippen molar-refractivity contribution in [3.8, 4) is 11.5 Å². The number of carbonyl (C=O) groups is 1. The van der Waals surface area contributed by atoms with Crippen molar-refractivity contribution in [3.63, 3.8) is 0 Å². The van der Waals surface area contributed by atoms with E-state index in [4.69, 9.17) is 9.47 Å². The maximum Gasteiger partial charge on any atom is 0.247 e. The monoisotopic (exact) mass is 326 g/mol. The van der Waals surface area contributed by atoms with Gasteiger partial charge in [0, 0.05) is 17.8 Å². The third-order valence-corrected chi connectivity index (χ3v) is 4.01. The van der Waals surface area contributed by atoms with Crippen molar-refractivity contribution in [2.24, 2.45) is 0 Å². The van der Waals surface area contributed by atoms with Gasteiger partial charge in [0.1, 0.15) is 6.04 Å². The fourth-order valence-electron chi connectivity index (χ4n) is 2.55. The average molecular weight is 326 g/mol. The Morgan fingerprint density at radius 3 is 2.38 bits per heavy atom. The topological polar surface area (TPSA) is 59.6 Å². The summed E-state index contributed by atoms with van der Waals surface area (Å²) in [4.78, 5) is 12.6. The largest absolute Gasteiger partial charge is 0.493 e. The first-order chi connectivity index (χ1) is 11.7. The number of ether oxygens (including phenoxy) is 2. The van der Waals surface area contributed by atoms with Crippen LogP contribution >= 0.6 is 0 Å². The van der Waals surface area contributed by atoms with Gasteiger partial charge in [0.2, 0.25) is 5.91 Å². The Morgan fingerprint density at radius 1 is 1.04 bits per heavy atom. The van der Waals surface area contributed by atoms with Gasteiger partial charge >= 0.3 is 0 Å². The zero-order valence-electron chi connectivity index (χ0n) is 13.9. The first-order valence-corrected chi connectivity index (χ1v) is 8.05. The zero-order valence-corrected chi connectivity index (χ0v) is 13.9. The molecule has 1 fully saturated rings. The van der Waals surface area contributed by atoms with Crippen LogP contribution in [0.25, 0.3) is 0 Å². The fraction of sp³-hybridized carbons (Fsp3) is 0.316. The van der Waals surface area contributed by atoms with Crippen LogP contribution in [0.1, 0.15) is 24.4 Å². The van der Waals surface area contributed by atoms with E-state index in [1.165, 1.54) is 0 Å². The van der Waals surface area contributed by atoms with E-state index in [-0.39, 0.29) is 5.91 Å². The third kappa shape index (κ3) is 3.79. The molecule has 0 bridgehead atoms. The van der Waals surface area contributed by atoms with Crippen molar-refractivity contribution in [2.45, 2.75) is 24.9 Å². The molecule has 126 valence electrons. The number of hydrogen-bond acceptors (Lipinski definition) is 4. The highest BCUT2D eigenvalue weighted by atomic mass is 16.5. The molecule has 1 aliphatic carbocycles. The van der Waals surface area contributed by atoms with Crippen LogP contribution in [0.2, 0.25) is 0 Å². The highest BCUT2D eigenvalue weighted by Crippen LogP contribution is 2.31. The number of benzene rings is 2. The standard InChI is InChI=1S/C19H22N2O3/c1-23-16-11-10-15(12-17(16)24-2)20-18(13-6-4-3-5-7-13)19(22)21-14-8-9-14/h3-7,10-12,14,18,20H,8-9H2,1-2H3,(H,21,22)/t18-/m0/s1. The van der Waals surface area contributed by atoms with Gasteiger partial charge in [-0.15, -0.1) is 0 Å². The Kier molecular flexibility index (Phi) is 4.89. The van der Waals surface area contributed by atoms with Crippen LogP contribution in [-0.4, -0.2) is 26.2 Å². The minimum Gasteiger partial charge on any atom is -0.493 e. The van der Waals surface area contributed by atoms with E-state index in [1.54, 1.807) is 14.2 Å². The summed E-state index contributed by atoms with van der Waals surface area (Å²) in [7, 11) is 3.19. The molecular formula is C19H22N2O3. The van der Waals surface area contributed by atoms with E-state index >= 15 is 0 Å². The quantitative estimate of drug-likeness (QED) is 0.821. The molecule has 24 heavy (non-hydrogen) atoms. The minimum atomic E-state index is -0.454. The zero-order chi connectivity index (χ0) is 16.9. The summed E-state index contributed by atoms with van der Waals surface area (Å²) in [6, 6.07) is 15.1. The van der Waals surface area contributed by atoms with Crippen LogP contribution in [0.5, 0.6) is 11.5 Å². The van der Waals surface area contributed by atoms with Crippen LogP contribution < -0.4 is 20.1 Å². The van der Waals surface area contributed by atoms with Crippen molar-refractivity contribution in [1.82, 2.24) is 5.32 Å². The third-order valence-electron chi connectivity index (χ3n) is 4.01. The van der Waals surface area contributed by atoms with Gasteiger partial charge in [-0.2, -0.15) is 0 Å². The SMILES string of the molecule is COc1ccc(N[C@H](C(=O)NC2CC2)c2ccccc2)cc1OC. The summed E-state index contributed by atoms with van der Waals surface area (Å²) in [6.07, 6.45) is 2.12. The Balaban J connectivity index is 1.84. The van der Waals surface area contributed by atoms with E-state index < -0.39 is 6.04 Å². The predicted octanol–water partition coefficient (Wildman–Crippen LogP) is 3.14. The molecule has 5 heteroatoms. The lowest BCUT2D eigenvalue weighted by Gasteiger charge is -2.20. The van der Waals surface area contributed by atoms with Crippen LogP contribution in [-0.2, 0) is 4.79 Å². The summed E-state index contributed by atoms with van der Waals surface area (Å²) >= 11 is 0. The smallest absolute Gasteiger partial charge is 0.247 e. The van der Waals surface area contributed by atoms with Gasteiger partial charge in [0.15, 0.2) is 11.5 Å². The summed E-state index contributed by atoms with van der Waals surface area (Å²) in [5, 5.41) is 6.37. The van der Waals surface area contributed by atoms with Crippen LogP contribution in [0, 0.1) is 0 Å². The van der Waals surface area contributed by atoms with Gasteiger partial charge in [0.25, 0.3) is 0 Å². The number of amides is 1. The van der Waals surface area contributed by atoms with Crippen molar-refractivity contribution in [1.29, 1.82) is 0 Å². The van der Waals surface area contributed by atoms with Crippen LogP contribution in [0.15, 0.2) is 48.5 Å². The summed E-state index contributed by atoms with van der Waals surface area (Å²) in [6.45, 7) is 0. The average Bonchev–Trinajstić information content (AvgIpc) is 3.44. The number of hydrogen-bond donors (Lipinski definition) is 2. The van der Waals surface area contributed by atoms with Crippen LogP contribution in [0.3, 0.4) is 0 Å². The first kappa shape index (κ1) is 16.2. The second-order valence-electron chi connectivity index (χ2n) is 5.84. The Hall–Kier alpha value is -2.69. The molecule has 2 aromatic carbocycles. The molecule has 0 heterocycles. The predicted molar refractivity (Wildman–Crippen MR) is 93.5 cm³/mol. The molecule has 3 rings (SSSR count). The highest BCUT2D eigenvalue weighted by molar-refractivity contribution is 5.86. The molecule has 0 saturated heterocycles. The highest BCUT2D eigenvalue weighted by Gasteiger charge is 2.28. The van der Waals surface area contributed by atoms with E-state index in [1.807, 2.05) is 48.5 Å². The molecule has 0 aromatic heterocycles. The molecule has 1 amide bonds. The first-order valence-electron chi connectivity index (χ1n) is 8.05. The summed E-state index contributed by atoms with van der Waals surface area (Å²) in [5.74, 6) is 1.26.